The predicted molar refractivity (Wildman–Crippen MR) is 106 cm³/mol. The van der Waals surface area contributed by atoms with E-state index in [4.69, 9.17) is 9.47 Å². The van der Waals surface area contributed by atoms with Crippen LogP contribution in [0.2, 0.25) is 0 Å². The van der Waals surface area contributed by atoms with Crippen LogP contribution in [0.4, 0.5) is 10.3 Å². The molecule has 7 nitrogen and oxygen atoms in total. The Morgan fingerprint density at radius 3 is 2.24 bits per heavy atom. The molecule has 0 spiro atoms. The molecule has 2 aromatic carbocycles. The molecule has 29 heavy (non-hydrogen) atoms. The molecule has 0 saturated heterocycles. The average molecular weight is 396 g/mol. The van der Waals surface area contributed by atoms with Gasteiger partial charge in [-0.1, -0.05) is 18.2 Å². The summed E-state index contributed by atoms with van der Waals surface area (Å²) in [6, 6.07) is 11.6. The number of ether oxygens (including phenoxy) is 2. The molecule has 1 amide bonds. The summed E-state index contributed by atoms with van der Waals surface area (Å²) in [6.07, 6.45) is 2.90. The molecule has 150 valence electrons. The number of nitrogens with zero attached hydrogens (tertiary/aromatic N) is 2. The Bertz CT molecular complexity index is 963. The number of hydrogen-bond acceptors (Lipinski definition) is 6. The molecule has 1 aromatic heterocycles. The Kier molecular flexibility index (Phi) is 6.57. The van der Waals surface area contributed by atoms with Crippen LogP contribution in [0, 0.1) is 5.82 Å². The van der Waals surface area contributed by atoms with Gasteiger partial charge in [0.05, 0.1) is 19.8 Å². The first-order valence-electron chi connectivity index (χ1n) is 8.88. The third-order valence-electron chi connectivity index (χ3n) is 4.18. The molecule has 8 heteroatoms. The fraction of sp³-hybridized carbons (Fsp3) is 0.190. The number of methoxy groups -OCH3 is 2. The highest BCUT2D eigenvalue weighted by atomic mass is 19.1. The lowest BCUT2D eigenvalue weighted by Crippen LogP contribution is -2.23. The first-order chi connectivity index (χ1) is 14.1. The Balaban J connectivity index is 1.54. The van der Waals surface area contributed by atoms with Crippen molar-refractivity contribution in [2.24, 2.45) is 0 Å². The topological polar surface area (TPSA) is 85.4 Å². The molecule has 1 heterocycles. The number of anilines is 1. The second-order valence-corrected chi connectivity index (χ2v) is 6.15. The third kappa shape index (κ3) is 5.41. The lowest BCUT2D eigenvalue weighted by atomic mass is 10.2. The Morgan fingerprint density at radius 2 is 1.59 bits per heavy atom. The van der Waals surface area contributed by atoms with E-state index in [0.717, 1.165) is 11.1 Å². The Hall–Kier alpha value is -3.68. The fourth-order valence-electron chi connectivity index (χ4n) is 2.59. The van der Waals surface area contributed by atoms with Crippen molar-refractivity contribution in [3.63, 3.8) is 0 Å². The Morgan fingerprint density at radius 1 is 0.931 bits per heavy atom. The van der Waals surface area contributed by atoms with Crippen LogP contribution in [0.25, 0.3) is 0 Å². The second-order valence-electron chi connectivity index (χ2n) is 6.15. The summed E-state index contributed by atoms with van der Waals surface area (Å²) < 4.78 is 23.4. The maximum Gasteiger partial charge on any atom is 0.254 e. The lowest BCUT2D eigenvalue weighted by Gasteiger charge is -2.10. The van der Waals surface area contributed by atoms with Crippen LogP contribution < -0.4 is 20.1 Å². The van der Waals surface area contributed by atoms with Crippen LogP contribution in [0.1, 0.15) is 21.5 Å². The zero-order chi connectivity index (χ0) is 20.6. The van der Waals surface area contributed by atoms with Crippen molar-refractivity contribution in [1.29, 1.82) is 0 Å². The van der Waals surface area contributed by atoms with Gasteiger partial charge < -0.3 is 20.1 Å². The van der Waals surface area contributed by atoms with Crippen molar-refractivity contribution in [2.45, 2.75) is 13.1 Å². The van der Waals surface area contributed by atoms with Gasteiger partial charge in [0.15, 0.2) is 11.5 Å². The number of nitrogens with one attached hydrogen (secondary N) is 2. The van der Waals surface area contributed by atoms with Crippen molar-refractivity contribution in [2.75, 3.05) is 19.5 Å². The quantitative estimate of drug-likeness (QED) is 0.608. The van der Waals surface area contributed by atoms with Gasteiger partial charge in [-0.25, -0.2) is 14.4 Å². The molecule has 0 unspecified atom stereocenters. The van der Waals surface area contributed by atoms with Gasteiger partial charge in [0.1, 0.15) is 5.82 Å². The van der Waals surface area contributed by atoms with Crippen molar-refractivity contribution in [3.8, 4) is 11.5 Å². The SMILES string of the molecule is COc1ccc(CNC(=O)c2cnc(NCc3ccc(F)cc3)nc2)cc1OC. The number of aromatic nitrogens is 2. The van der Waals surface area contributed by atoms with Crippen molar-refractivity contribution in [1.82, 2.24) is 15.3 Å². The van der Waals surface area contributed by atoms with Gasteiger partial charge in [-0.05, 0) is 35.4 Å². The lowest BCUT2D eigenvalue weighted by molar-refractivity contribution is 0.0950. The molecule has 3 rings (SSSR count). The van der Waals surface area contributed by atoms with E-state index in [2.05, 4.69) is 20.6 Å². The minimum Gasteiger partial charge on any atom is -0.493 e. The molecule has 0 aliphatic heterocycles. The number of carbonyl (C=O) groups is 1. The molecule has 0 radical (unpaired) electrons. The minimum absolute atomic E-state index is 0.284. The highest BCUT2D eigenvalue weighted by Crippen LogP contribution is 2.27. The van der Waals surface area contributed by atoms with E-state index in [-0.39, 0.29) is 11.7 Å². The molecule has 0 saturated carbocycles. The number of amides is 1. The van der Waals surface area contributed by atoms with Gasteiger partial charge in [0.2, 0.25) is 5.95 Å². The maximum atomic E-state index is 12.9. The highest BCUT2D eigenvalue weighted by Gasteiger charge is 2.09. The van der Waals surface area contributed by atoms with Crippen LogP contribution in [0.15, 0.2) is 54.9 Å². The predicted octanol–water partition coefficient (Wildman–Crippen LogP) is 3.18. The van der Waals surface area contributed by atoms with Gasteiger partial charge in [0, 0.05) is 25.5 Å². The fourth-order valence-corrected chi connectivity index (χ4v) is 2.59. The van der Waals surface area contributed by atoms with Crippen LogP contribution >= 0.6 is 0 Å². The molecule has 2 N–H and O–H groups in total. The summed E-state index contributed by atoms with van der Waals surface area (Å²) in [4.78, 5) is 20.6. The number of carbonyl (C=O) groups excluding carboxylic acids is 1. The normalized spacial score (nSPS) is 10.3. The number of hydrogen-bond donors (Lipinski definition) is 2. The molecule has 0 atom stereocenters. The smallest absolute Gasteiger partial charge is 0.254 e. The van der Waals surface area contributed by atoms with Crippen molar-refractivity contribution >= 4 is 11.9 Å². The standard InChI is InChI=1S/C21H21FN4O3/c1-28-18-8-5-15(9-19(18)29-2)11-23-20(27)16-12-25-21(26-13-16)24-10-14-3-6-17(22)7-4-14/h3-9,12-13H,10-11H2,1-2H3,(H,23,27)(H,24,25,26). The van der Waals surface area contributed by atoms with Crippen LogP contribution in [0.5, 0.6) is 11.5 Å². The zero-order valence-electron chi connectivity index (χ0n) is 16.1. The molecule has 0 aliphatic carbocycles. The van der Waals surface area contributed by atoms with E-state index in [1.54, 1.807) is 38.5 Å². The summed E-state index contributed by atoms with van der Waals surface area (Å²) in [5.74, 6) is 1.03. The number of benzene rings is 2. The Labute approximate surface area is 167 Å². The summed E-state index contributed by atoms with van der Waals surface area (Å²) in [6.45, 7) is 0.773. The van der Waals surface area contributed by atoms with Crippen LogP contribution in [0.3, 0.4) is 0 Å². The minimum atomic E-state index is -0.287. The van der Waals surface area contributed by atoms with E-state index >= 15 is 0 Å². The van der Waals surface area contributed by atoms with E-state index in [1.165, 1.54) is 24.5 Å². The van der Waals surface area contributed by atoms with Crippen LogP contribution in [-0.4, -0.2) is 30.1 Å². The van der Waals surface area contributed by atoms with E-state index in [0.29, 0.717) is 36.1 Å². The average Bonchev–Trinajstić information content (AvgIpc) is 2.77. The first-order valence-corrected chi connectivity index (χ1v) is 8.88. The van der Waals surface area contributed by atoms with Gasteiger partial charge in [-0.3, -0.25) is 4.79 Å². The van der Waals surface area contributed by atoms with Crippen molar-refractivity contribution < 1.29 is 18.7 Å². The monoisotopic (exact) mass is 396 g/mol. The van der Waals surface area contributed by atoms with Crippen molar-refractivity contribution in [3.05, 3.63) is 77.4 Å². The van der Waals surface area contributed by atoms with Gasteiger partial charge in [-0.15, -0.1) is 0 Å². The molecule has 0 aliphatic rings. The zero-order valence-corrected chi connectivity index (χ0v) is 16.1. The van der Waals surface area contributed by atoms with E-state index in [9.17, 15) is 9.18 Å². The van der Waals surface area contributed by atoms with E-state index in [1.807, 2.05) is 6.07 Å². The molecule has 0 fully saturated rings. The third-order valence-corrected chi connectivity index (χ3v) is 4.18. The number of rotatable bonds is 8. The largest absolute Gasteiger partial charge is 0.493 e. The first kappa shape index (κ1) is 20.1. The molecule has 3 aromatic rings. The van der Waals surface area contributed by atoms with Crippen LogP contribution in [-0.2, 0) is 13.1 Å². The summed E-state index contributed by atoms with van der Waals surface area (Å²) in [5.41, 5.74) is 2.11. The molecular weight excluding hydrogens is 375 g/mol. The summed E-state index contributed by atoms with van der Waals surface area (Å²) in [5, 5.41) is 5.84. The summed E-state index contributed by atoms with van der Waals surface area (Å²) >= 11 is 0. The van der Waals surface area contributed by atoms with Gasteiger partial charge >= 0.3 is 0 Å². The van der Waals surface area contributed by atoms with Gasteiger partial charge in [0.25, 0.3) is 5.91 Å². The molecule has 0 bridgehead atoms. The van der Waals surface area contributed by atoms with E-state index < -0.39 is 0 Å². The number of halogens is 1. The maximum absolute atomic E-state index is 12.9. The highest BCUT2D eigenvalue weighted by molar-refractivity contribution is 5.93. The molecular formula is C21H21FN4O3. The second kappa shape index (κ2) is 9.50. The summed E-state index contributed by atoms with van der Waals surface area (Å²) in [7, 11) is 3.13. The van der Waals surface area contributed by atoms with Gasteiger partial charge in [-0.2, -0.15) is 0 Å².